The Morgan fingerprint density at radius 1 is 1.00 bits per heavy atom. The number of benzene rings is 2. The molecule has 0 spiro atoms. The van der Waals surface area contributed by atoms with Gasteiger partial charge in [-0.2, -0.15) is 0 Å². The van der Waals surface area contributed by atoms with Gasteiger partial charge in [0, 0.05) is 16.8 Å². The largest absolute Gasteiger partial charge is 0.382 e. The lowest BCUT2D eigenvalue weighted by Gasteiger charge is -2.37. The minimum absolute atomic E-state index is 0.198. The van der Waals surface area contributed by atoms with Crippen LogP contribution >= 0.6 is 11.6 Å². The molecular weight excluding hydrogens is 280 g/mol. The number of halogens is 3. The van der Waals surface area contributed by atoms with E-state index < -0.39 is 0 Å². The van der Waals surface area contributed by atoms with E-state index >= 15 is 0 Å². The Labute approximate surface area is 121 Å². The third kappa shape index (κ3) is 2.93. The Balaban J connectivity index is 1.61. The quantitative estimate of drug-likeness (QED) is 0.842. The summed E-state index contributed by atoms with van der Waals surface area (Å²) in [5.74, 6) is -0.177. The van der Waals surface area contributed by atoms with Gasteiger partial charge in [0.2, 0.25) is 0 Å². The van der Waals surface area contributed by atoms with E-state index in [2.05, 4.69) is 5.32 Å². The zero-order valence-corrected chi connectivity index (χ0v) is 11.5. The first kappa shape index (κ1) is 13.4. The van der Waals surface area contributed by atoms with Crippen molar-refractivity contribution in [3.8, 4) is 0 Å². The fraction of sp³-hybridized carbons (Fsp3) is 0.250. The van der Waals surface area contributed by atoms with Crippen molar-refractivity contribution in [3.05, 3.63) is 64.7 Å². The summed E-state index contributed by atoms with van der Waals surface area (Å²) in [5.41, 5.74) is 1.72. The smallest absolute Gasteiger partial charge is 0.126 e. The van der Waals surface area contributed by atoms with Crippen LogP contribution in [-0.2, 0) is 0 Å². The average Bonchev–Trinajstić information content (AvgIpc) is 2.32. The SMILES string of the molecule is Fc1cc(Cl)cc(NC2CC(c3cccc(F)c3)C2)c1. The predicted octanol–water partition coefficient (Wildman–Crippen LogP) is 4.98. The van der Waals surface area contributed by atoms with E-state index in [9.17, 15) is 8.78 Å². The van der Waals surface area contributed by atoms with Crippen LogP contribution in [0.4, 0.5) is 14.5 Å². The lowest BCUT2D eigenvalue weighted by atomic mass is 9.76. The van der Waals surface area contributed by atoms with Crippen LogP contribution in [0, 0.1) is 11.6 Å². The monoisotopic (exact) mass is 293 g/mol. The van der Waals surface area contributed by atoms with Gasteiger partial charge in [0.05, 0.1) is 0 Å². The van der Waals surface area contributed by atoms with Crippen molar-refractivity contribution >= 4 is 17.3 Å². The molecule has 2 aromatic rings. The molecule has 0 unspecified atom stereocenters. The van der Waals surface area contributed by atoms with Crippen LogP contribution in [-0.4, -0.2) is 6.04 Å². The molecule has 0 aliphatic heterocycles. The lowest BCUT2D eigenvalue weighted by Crippen LogP contribution is -2.34. The van der Waals surface area contributed by atoms with Crippen molar-refractivity contribution < 1.29 is 8.78 Å². The number of hydrogen-bond acceptors (Lipinski definition) is 1. The van der Waals surface area contributed by atoms with Crippen molar-refractivity contribution in [2.45, 2.75) is 24.8 Å². The van der Waals surface area contributed by atoms with Gasteiger partial charge in [0.1, 0.15) is 11.6 Å². The van der Waals surface area contributed by atoms with Crippen LogP contribution in [0.2, 0.25) is 5.02 Å². The van der Waals surface area contributed by atoms with Crippen LogP contribution in [0.3, 0.4) is 0 Å². The van der Waals surface area contributed by atoms with E-state index in [0.29, 0.717) is 16.6 Å². The van der Waals surface area contributed by atoms with E-state index in [-0.39, 0.29) is 17.7 Å². The maximum atomic E-state index is 13.2. The highest BCUT2D eigenvalue weighted by molar-refractivity contribution is 6.30. The van der Waals surface area contributed by atoms with Crippen LogP contribution in [0.25, 0.3) is 0 Å². The first-order chi connectivity index (χ1) is 9.60. The van der Waals surface area contributed by atoms with Crippen LogP contribution in [0.15, 0.2) is 42.5 Å². The van der Waals surface area contributed by atoms with Gasteiger partial charge in [-0.05, 0) is 54.7 Å². The van der Waals surface area contributed by atoms with Crippen molar-refractivity contribution in [1.29, 1.82) is 0 Å². The Kier molecular flexibility index (Phi) is 3.62. The third-order valence-electron chi connectivity index (χ3n) is 3.69. The fourth-order valence-electron chi connectivity index (χ4n) is 2.64. The van der Waals surface area contributed by atoms with Crippen molar-refractivity contribution in [2.24, 2.45) is 0 Å². The summed E-state index contributed by atoms with van der Waals surface area (Å²) in [4.78, 5) is 0. The molecule has 0 saturated heterocycles. The number of rotatable bonds is 3. The first-order valence-electron chi connectivity index (χ1n) is 6.58. The molecule has 0 heterocycles. The van der Waals surface area contributed by atoms with E-state index in [1.807, 2.05) is 6.07 Å². The maximum Gasteiger partial charge on any atom is 0.126 e. The zero-order valence-electron chi connectivity index (χ0n) is 10.7. The van der Waals surface area contributed by atoms with Crippen molar-refractivity contribution in [3.63, 3.8) is 0 Å². The number of nitrogens with one attached hydrogen (secondary N) is 1. The molecule has 1 saturated carbocycles. The highest BCUT2D eigenvalue weighted by Crippen LogP contribution is 2.38. The molecule has 104 valence electrons. The van der Waals surface area contributed by atoms with Crippen molar-refractivity contribution in [2.75, 3.05) is 5.32 Å². The summed E-state index contributed by atoms with van der Waals surface area (Å²) in [5, 5.41) is 3.64. The minimum atomic E-state index is -0.346. The van der Waals surface area contributed by atoms with Crippen LogP contribution in [0.1, 0.15) is 24.3 Å². The van der Waals surface area contributed by atoms with Gasteiger partial charge >= 0.3 is 0 Å². The first-order valence-corrected chi connectivity index (χ1v) is 6.96. The maximum absolute atomic E-state index is 13.2. The normalized spacial score (nSPS) is 21.4. The highest BCUT2D eigenvalue weighted by Gasteiger charge is 2.30. The molecule has 0 aromatic heterocycles. The standard InChI is InChI=1S/C16H14ClF2N/c17-12-7-14(19)9-16(8-12)20-15-5-11(6-15)10-2-1-3-13(18)4-10/h1-4,7-9,11,15,20H,5-6H2. The van der Waals surface area contributed by atoms with Crippen molar-refractivity contribution in [1.82, 2.24) is 0 Å². The van der Waals surface area contributed by atoms with E-state index in [0.717, 1.165) is 18.4 Å². The summed E-state index contributed by atoms with van der Waals surface area (Å²) in [6.07, 6.45) is 1.83. The Morgan fingerprint density at radius 2 is 1.80 bits per heavy atom. The second-order valence-electron chi connectivity index (χ2n) is 5.22. The Bertz CT molecular complexity index is 603. The molecule has 20 heavy (non-hydrogen) atoms. The van der Waals surface area contributed by atoms with Crippen LogP contribution < -0.4 is 5.32 Å². The molecule has 0 amide bonds. The van der Waals surface area contributed by atoms with Gasteiger partial charge < -0.3 is 5.32 Å². The molecular formula is C16H14ClF2N. The molecule has 1 aliphatic carbocycles. The van der Waals surface area contributed by atoms with E-state index in [1.54, 1.807) is 18.2 Å². The second-order valence-corrected chi connectivity index (χ2v) is 5.66. The highest BCUT2D eigenvalue weighted by atomic mass is 35.5. The third-order valence-corrected chi connectivity index (χ3v) is 3.91. The van der Waals surface area contributed by atoms with E-state index in [4.69, 9.17) is 11.6 Å². The summed E-state index contributed by atoms with van der Waals surface area (Å²) >= 11 is 5.82. The topological polar surface area (TPSA) is 12.0 Å². The molecule has 2 aromatic carbocycles. The number of hydrogen-bond donors (Lipinski definition) is 1. The summed E-state index contributed by atoms with van der Waals surface area (Å²) in [6, 6.07) is 11.4. The summed E-state index contributed by atoms with van der Waals surface area (Å²) < 4.78 is 26.4. The zero-order chi connectivity index (χ0) is 14.1. The second kappa shape index (κ2) is 5.41. The Morgan fingerprint density at radius 3 is 2.50 bits per heavy atom. The Hall–Kier alpha value is -1.61. The molecule has 0 atom stereocenters. The predicted molar refractivity (Wildman–Crippen MR) is 77.2 cm³/mol. The molecule has 3 rings (SSSR count). The molecule has 0 bridgehead atoms. The fourth-order valence-corrected chi connectivity index (χ4v) is 2.86. The molecule has 4 heteroatoms. The van der Waals surface area contributed by atoms with Gasteiger partial charge in [-0.3, -0.25) is 0 Å². The lowest BCUT2D eigenvalue weighted by molar-refractivity contribution is 0.373. The van der Waals surface area contributed by atoms with Gasteiger partial charge in [-0.15, -0.1) is 0 Å². The number of anilines is 1. The molecule has 1 fully saturated rings. The van der Waals surface area contributed by atoms with Gasteiger partial charge in [-0.25, -0.2) is 8.78 Å². The average molecular weight is 294 g/mol. The van der Waals surface area contributed by atoms with Gasteiger partial charge in [0.25, 0.3) is 0 Å². The molecule has 1 nitrogen and oxygen atoms in total. The minimum Gasteiger partial charge on any atom is -0.382 e. The van der Waals surface area contributed by atoms with Gasteiger partial charge in [-0.1, -0.05) is 23.7 Å². The molecule has 1 N–H and O–H groups in total. The van der Waals surface area contributed by atoms with E-state index in [1.165, 1.54) is 18.2 Å². The molecule has 0 radical (unpaired) electrons. The summed E-state index contributed by atoms with van der Waals surface area (Å²) in [6.45, 7) is 0. The van der Waals surface area contributed by atoms with Crippen LogP contribution in [0.5, 0.6) is 0 Å². The summed E-state index contributed by atoms with van der Waals surface area (Å²) in [7, 11) is 0. The van der Waals surface area contributed by atoms with Gasteiger partial charge in [0.15, 0.2) is 0 Å². The molecule has 1 aliphatic rings.